The molecule has 0 aliphatic rings. The zero-order valence-electron chi connectivity index (χ0n) is 11.5. The lowest BCUT2D eigenvalue weighted by Crippen LogP contribution is -2.31. The highest BCUT2D eigenvalue weighted by molar-refractivity contribution is 9.10. The molecular formula is C15H17BrN2O2. The summed E-state index contributed by atoms with van der Waals surface area (Å²) in [5, 5.41) is 0. The molecule has 0 aliphatic carbocycles. The molecular weight excluding hydrogens is 320 g/mol. The smallest absolute Gasteiger partial charge is 0.270 e. The highest BCUT2D eigenvalue weighted by Crippen LogP contribution is 2.13. The number of halogens is 1. The van der Waals surface area contributed by atoms with Gasteiger partial charge in [0.2, 0.25) is 0 Å². The molecule has 1 aromatic carbocycles. The van der Waals surface area contributed by atoms with E-state index < -0.39 is 0 Å². The molecule has 106 valence electrons. The van der Waals surface area contributed by atoms with Crippen LogP contribution in [0.15, 0.2) is 41.0 Å². The minimum Gasteiger partial charge on any atom is -0.492 e. The third-order valence-corrected chi connectivity index (χ3v) is 3.40. The number of aromatic nitrogens is 1. The first-order valence-corrected chi connectivity index (χ1v) is 7.14. The summed E-state index contributed by atoms with van der Waals surface area (Å²) < 4.78 is 6.48. The van der Waals surface area contributed by atoms with Crippen LogP contribution in [0.5, 0.6) is 5.75 Å². The van der Waals surface area contributed by atoms with Gasteiger partial charge < -0.3 is 14.6 Å². The van der Waals surface area contributed by atoms with Gasteiger partial charge in [0.05, 0.1) is 6.54 Å². The van der Waals surface area contributed by atoms with Crippen LogP contribution in [0, 0.1) is 6.92 Å². The highest BCUT2D eigenvalue weighted by Gasteiger charge is 2.13. The van der Waals surface area contributed by atoms with E-state index in [2.05, 4.69) is 20.9 Å². The maximum absolute atomic E-state index is 12.1. The number of benzene rings is 1. The Bertz CT molecular complexity index is 578. The zero-order valence-corrected chi connectivity index (χ0v) is 13.1. The van der Waals surface area contributed by atoms with Gasteiger partial charge >= 0.3 is 0 Å². The van der Waals surface area contributed by atoms with E-state index >= 15 is 0 Å². The molecule has 0 saturated heterocycles. The third kappa shape index (κ3) is 3.87. The van der Waals surface area contributed by atoms with Crippen LogP contribution in [-0.4, -0.2) is 36.0 Å². The van der Waals surface area contributed by atoms with Crippen molar-refractivity contribution in [3.63, 3.8) is 0 Å². The van der Waals surface area contributed by atoms with Gasteiger partial charge in [-0.15, -0.1) is 0 Å². The van der Waals surface area contributed by atoms with Crippen LogP contribution in [0.2, 0.25) is 0 Å². The van der Waals surface area contributed by atoms with Crippen LogP contribution in [-0.2, 0) is 0 Å². The van der Waals surface area contributed by atoms with E-state index in [9.17, 15) is 4.79 Å². The molecule has 0 fully saturated rings. The van der Waals surface area contributed by atoms with Crippen molar-refractivity contribution in [2.24, 2.45) is 0 Å². The minimum atomic E-state index is -0.0526. The van der Waals surface area contributed by atoms with Gasteiger partial charge in [0.15, 0.2) is 0 Å². The monoisotopic (exact) mass is 336 g/mol. The van der Waals surface area contributed by atoms with Crippen LogP contribution < -0.4 is 4.74 Å². The Kier molecular flexibility index (Phi) is 4.84. The molecule has 20 heavy (non-hydrogen) atoms. The van der Waals surface area contributed by atoms with E-state index in [-0.39, 0.29) is 5.91 Å². The fourth-order valence-electron chi connectivity index (χ4n) is 1.73. The van der Waals surface area contributed by atoms with Gasteiger partial charge in [-0.2, -0.15) is 0 Å². The van der Waals surface area contributed by atoms with Crippen LogP contribution in [0.4, 0.5) is 0 Å². The van der Waals surface area contributed by atoms with Crippen LogP contribution in [0.25, 0.3) is 0 Å². The lowest BCUT2D eigenvalue weighted by molar-refractivity contribution is 0.0768. The van der Waals surface area contributed by atoms with Crippen molar-refractivity contribution in [3.05, 3.63) is 52.3 Å². The first-order valence-electron chi connectivity index (χ1n) is 6.35. The number of likely N-dealkylation sites (N-methyl/N-ethyl adjacent to an activating group) is 1. The lowest BCUT2D eigenvalue weighted by atomic mass is 10.2. The number of rotatable bonds is 5. The molecule has 5 heteroatoms. The number of carbonyl (C=O) groups excluding carboxylic acids is 1. The minimum absolute atomic E-state index is 0.0526. The number of aryl methyl sites for hydroxylation is 1. The number of hydrogen-bond donors (Lipinski definition) is 1. The summed E-state index contributed by atoms with van der Waals surface area (Å²) in [5.74, 6) is 0.766. The number of amides is 1. The molecule has 0 saturated carbocycles. The first-order chi connectivity index (χ1) is 9.56. The Morgan fingerprint density at radius 3 is 2.65 bits per heavy atom. The number of aromatic amines is 1. The molecule has 0 bridgehead atoms. The van der Waals surface area contributed by atoms with Gasteiger partial charge in [-0.3, -0.25) is 4.79 Å². The van der Waals surface area contributed by atoms with Gasteiger partial charge in [-0.25, -0.2) is 0 Å². The summed E-state index contributed by atoms with van der Waals surface area (Å²) in [5.41, 5.74) is 1.76. The van der Waals surface area contributed by atoms with Crippen molar-refractivity contribution >= 4 is 21.8 Å². The second-order valence-corrected chi connectivity index (χ2v) is 5.54. The molecule has 1 amide bonds. The van der Waals surface area contributed by atoms with Gasteiger partial charge in [-0.1, -0.05) is 17.7 Å². The van der Waals surface area contributed by atoms with Crippen LogP contribution in [0.3, 0.4) is 0 Å². The highest BCUT2D eigenvalue weighted by atomic mass is 79.9. The average Bonchev–Trinajstić information content (AvgIpc) is 2.86. The fourth-order valence-corrected chi connectivity index (χ4v) is 2.08. The van der Waals surface area contributed by atoms with Crippen molar-refractivity contribution in [2.75, 3.05) is 20.2 Å². The normalized spacial score (nSPS) is 10.3. The van der Waals surface area contributed by atoms with Crippen molar-refractivity contribution in [2.45, 2.75) is 6.92 Å². The molecule has 0 aliphatic heterocycles. The molecule has 0 unspecified atom stereocenters. The van der Waals surface area contributed by atoms with Crippen molar-refractivity contribution in [1.29, 1.82) is 0 Å². The van der Waals surface area contributed by atoms with Crippen molar-refractivity contribution in [3.8, 4) is 5.75 Å². The fraction of sp³-hybridized carbons (Fsp3) is 0.267. The van der Waals surface area contributed by atoms with Crippen molar-refractivity contribution < 1.29 is 9.53 Å². The molecule has 1 N–H and O–H groups in total. The number of nitrogens with one attached hydrogen (secondary N) is 1. The Morgan fingerprint density at radius 1 is 1.35 bits per heavy atom. The quantitative estimate of drug-likeness (QED) is 0.910. The third-order valence-electron chi connectivity index (χ3n) is 2.94. The van der Waals surface area contributed by atoms with Gasteiger partial charge in [0, 0.05) is 17.7 Å². The van der Waals surface area contributed by atoms with Crippen LogP contribution >= 0.6 is 15.9 Å². The van der Waals surface area contributed by atoms with E-state index in [1.165, 1.54) is 5.56 Å². The summed E-state index contributed by atoms with van der Waals surface area (Å²) >= 11 is 3.31. The average molecular weight is 337 g/mol. The molecule has 2 aromatic rings. The second kappa shape index (κ2) is 6.61. The standard InChI is InChI=1S/C15H17BrN2O2/c1-11-3-5-13(6-4-11)20-8-7-18(2)15(19)14-9-12(16)10-17-14/h3-6,9-10,17H,7-8H2,1-2H3. The Balaban J connectivity index is 1.81. The summed E-state index contributed by atoms with van der Waals surface area (Å²) in [7, 11) is 1.76. The second-order valence-electron chi connectivity index (χ2n) is 4.62. The summed E-state index contributed by atoms with van der Waals surface area (Å²) in [6.45, 7) is 3.03. The molecule has 0 atom stereocenters. The maximum Gasteiger partial charge on any atom is 0.270 e. The Morgan fingerprint density at radius 2 is 2.05 bits per heavy atom. The predicted molar refractivity (Wildman–Crippen MR) is 82.1 cm³/mol. The molecule has 4 nitrogen and oxygen atoms in total. The van der Waals surface area contributed by atoms with E-state index in [1.54, 1.807) is 24.2 Å². The number of H-pyrrole nitrogens is 1. The lowest BCUT2D eigenvalue weighted by Gasteiger charge is -2.16. The number of nitrogens with zero attached hydrogens (tertiary/aromatic N) is 1. The maximum atomic E-state index is 12.1. The summed E-state index contributed by atoms with van der Waals surface area (Å²) in [6.07, 6.45) is 1.74. The first kappa shape index (κ1) is 14.7. The number of hydrogen-bond acceptors (Lipinski definition) is 2. The molecule has 0 radical (unpaired) electrons. The molecule has 2 rings (SSSR count). The topological polar surface area (TPSA) is 45.3 Å². The van der Waals surface area contributed by atoms with E-state index in [1.807, 2.05) is 31.2 Å². The Labute approximate surface area is 126 Å². The predicted octanol–water partition coefficient (Wildman–Crippen LogP) is 3.24. The Hall–Kier alpha value is -1.75. The zero-order chi connectivity index (χ0) is 14.5. The summed E-state index contributed by atoms with van der Waals surface area (Å²) in [4.78, 5) is 16.6. The number of ether oxygens (including phenoxy) is 1. The molecule has 0 spiro atoms. The largest absolute Gasteiger partial charge is 0.492 e. The van der Waals surface area contributed by atoms with Gasteiger partial charge in [-0.05, 0) is 41.1 Å². The number of carbonyl (C=O) groups is 1. The van der Waals surface area contributed by atoms with E-state index in [0.717, 1.165) is 10.2 Å². The molecule has 1 heterocycles. The SMILES string of the molecule is Cc1ccc(OCCN(C)C(=O)c2cc(Br)c[nH]2)cc1. The van der Waals surface area contributed by atoms with Crippen molar-refractivity contribution in [1.82, 2.24) is 9.88 Å². The molecule has 1 aromatic heterocycles. The van der Waals surface area contributed by atoms with Gasteiger partial charge in [0.1, 0.15) is 18.1 Å². The summed E-state index contributed by atoms with van der Waals surface area (Å²) in [6, 6.07) is 9.62. The van der Waals surface area contributed by atoms with E-state index in [0.29, 0.717) is 18.8 Å². The van der Waals surface area contributed by atoms with Gasteiger partial charge in [0.25, 0.3) is 5.91 Å². The van der Waals surface area contributed by atoms with E-state index in [4.69, 9.17) is 4.74 Å². The van der Waals surface area contributed by atoms with Crippen LogP contribution in [0.1, 0.15) is 16.1 Å².